The van der Waals surface area contributed by atoms with Crippen LogP contribution in [0.15, 0.2) is 52.7 Å². The Morgan fingerprint density at radius 1 is 1.00 bits per heavy atom. The second-order valence-electron chi connectivity index (χ2n) is 4.56. The van der Waals surface area contributed by atoms with E-state index in [1.165, 1.54) is 0 Å². The minimum Gasteiger partial charge on any atom is -0.280 e. The molecule has 0 fully saturated rings. The standard InChI is InChI=1S/C15H13ClN4/c1-10-4-3-5-14-17-11(2)15(20(10)14)19-18-13-8-6-12(16)7-9-13/h3-9H,1-2H3. The summed E-state index contributed by atoms with van der Waals surface area (Å²) in [6, 6.07) is 13.2. The van der Waals surface area contributed by atoms with Crippen LogP contribution in [0.2, 0.25) is 5.02 Å². The van der Waals surface area contributed by atoms with E-state index in [0.29, 0.717) is 5.02 Å². The van der Waals surface area contributed by atoms with E-state index in [4.69, 9.17) is 11.6 Å². The van der Waals surface area contributed by atoms with Gasteiger partial charge < -0.3 is 0 Å². The molecule has 2 heterocycles. The van der Waals surface area contributed by atoms with E-state index >= 15 is 0 Å². The number of aryl methyl sites for hydroxylation is 2. The van der Waals surface area contributed by atoms with Crippen LogP contribution in [-0.2, 0) is 0 Å². The fourth-order valence-electron chi connectivity index (χ4n) is 2.08. The molecule has 0 N–H and O–H groups in total. The first kappa shape index (κ1) is 12.8. The molecule has 0 unspecified atom stereocenters. The van der Waals surface area contributed by atoms with Crippen LogP contribution in [0.5, 0.6) is 0 Å². The van der Waals surface area contributed by atoms with Crippen LogP contribution in [0.4, 0.5) is 11.5 Å². The van der Waals surface area contributed by atoms with Gasteiger partial charge in [0, 0.05) is 10.7 Å². The highest BCUT2D eigenvalue weighted by Gasteiger charge is 2.09. The van der Waals surface area contributed by atoms with Crippen LogP contribution >= 0.6 is 11.6 Å². The Kier molecular flexibility index (Phi) is 3.24. The number of benzene rings is 1. The van der Waals surface area contributed by atoms with E-state index in [0.717, 1.165) is 28.5 Å². The molecule has 0 spiro atoms. The van der Waals surface area contributed by atoms with Crippen molar-refractivity contribution in [2.24, 2.45) is 10.2 Å². The summed E-state index contributed by atoms with van der Waals surface area (Å²) in [6.07, 6.45) is 0. The maximum atomic E-state index is 5.85. The van der Waals surface area contributed by atoms with Crippen LogP contribution in [0.3, 0.4) is 0 Å². The van der Waals surface area contributed by atoms with Crippen molar-refractivity contribution in [2.45, 2.75) is 13.8 Å². The third-order valence-electron chi connectivity index (χ3n) is 3.07. The van der Waals surface area contributed by atoms with E-state index in [1.54, 1.807) is 12.1 Å². The van der Waals surface area contributed by atoms with E-state index in [1.807, 2.05) is 48.6 Å². The summed E-state index contributed by atoms with van der Waals surface area (Å²) >= 11 is 5.85. The zero-order chi connectivity index (χ0) is 14.1. The van der Waals surface area contributed by atoms with Gasteiger partial charge in [0.2, 0.25) is 0 Å². The first-order valence-corrected chi connectivity index (χ1v) is 6.65. The van der Waals surface area contributed by atoms with Gasteiger partial charge in [0.05, 0.1) is 11.4 Å². The predicted octanol–water partition coefficient (Wildman–Crippen LogP) is 5.02. The van der Waals surface area contributed by atoms with Gasteiger partial charge in [0.15, 0.2) is 5.82 Å². The molecule has 0 atom stereocenters. The van der Waals surface area contributed by atoms with Gasteiger partial charge in [-0.05, 0) is 50.2 Å². The SMILES string of the molecule is Cc1nc2cccc(C)n2c1N=Nc1ccc(Cl)cc1. The minimum absolute atomic E-state index is 0.686. The Labute approximate surface area is 121 Å². The topological polar surface area (TPSA) is 42.0 Å². The number of hydrogen-bond acceptors (Lipinski definition) is 3. The highest BCUT2D eigenvalue weighted by atomic mass is 35.5. The Morgan fingerprint density at radius 3 is 2.50 bits per heavy atom. The second kappa shape index (κ2) is 5.06. The number of rotatable bonds is 2. The Hall–Kier alpha value is -2.20. The lowest BCUT2D eigenvalue weighted by Crippen LogP contribution is -1.88. The summed E-state index contributed by atoms with van der Waals surface area (Å²) in [5.41, 5.74) is 3.58. The van der Waals surface area contributed by atoms with Crippen LogP contribution in [0, 0.1) is 13.8 Å². The molecule has 100 valence electrons. The van der Waals surface area contributed by atoms with Crippen molar-refractivity contribution in [3.8, 4) is 0 Å². The van der Waals surface area contributed by atoms with E-state index in [-0.39, 0.29) is 0 Å². The highest BCUT2D eigenvalue weighted by Crippen LogP contribution is 2.25. The molecular formula is C15H13ClN4. The number of pyridine rings is 1. The highest BCUT2D eigenvalue weighted by molar-refractivity contribution is 6.30. The van der Waals surface area contributed by atoms with Crippen LogP contribution in [0.25, 0.3) is 5.65 Å². The van der Waals surface area contributed by atoms with E-state index in [9.17, 15) is 0 Å². The molecule has 0 amide bonds. The van der Waals surface area contributed by atoms with Gasteiger partial charge in [-0.15, -0.1) is 10.2 Å². The number of azo groups is 1. The zero-order valence-corrected chi connectivity index (χ0v) is 12.0. The van der Waals surface area contributed by atoms with Crippen LogP contribution in [-0.4, -0.2) is 9.38 Å². The van der Waals surface area contributed by atoms with Gasteiger partial charge in [0.25, 0.3) is 0 Å². The molecule has 0 radical (unpaired) electrons. The lowest BCUT2D eigenvalue weighted by atomic mass is 10.3. The first-order chi connectivity index (χ1) is 9.65. The zero-order valence-electron chi connectivity index (χ0n) is 11.2. The molecule has 5 heteroatoms. The van der Waals surface area contributed by atoms with E-state index in [2.05, 4.69) is 15.2 Å². The van der Waals surface area contributed by atoms with Gasteiger partial charge in [-0.3, -0.25) is 4.40 Å². The van der Waals surface area contributed by atoms with Crippen molar-refractivity contribution in [2.75, 3.05) is 0 Å². The number of nitrogens with zero attached hydrogens (tertiary/aromatic N) is 4. The lowest BCUT2D eigenvalue weighted by molar-refractivity contribution is 1.04. The maximum absolute atomic E-state index is 5.85. The number of halogens is 1. The van der Waals surface area contributed by atoms with Gasteiger partial charge in [-0.25, -0.2) is 4.98 Å². The largest absolute Gasteiger partial charge is 0.280 e. The third-order valence-corrected chi connectivity index (χ3v) is 3.32. The minimum atomic E-state index is 0.686. The van der Waals surface area contributed by atoms with Crippen molar-refractivity contribution in [1.82, 2.24) is 9.38 Å². The van der Waals surface area contributed by atoms with Crippen molar-refractivity contribution in [3.05, 3.63) is 58.9 Å². The predicted molar refractivity (Wildman–Crippen MR) is 80.3 cm³/mol. The molecule has 4 nitrogen and oxygen atoms in total. The molecule has 0 aliphatic heterocycles. The summed E-state index contributed by atoms with van der Waals surface area (Å²) < 4.78 is 1.99. The van der Waals surface area contributed by atoms with Crippen molar-refractivity contribution >= 4 is 28.8 Å². The summed E-state index contributed by atoms with van der Waals surface area (Å²) in [4.78, 5) is 4.49. The third kappa shape index (κ3) is 2.30. The molecule has 0 bridgehead atoms. The number of imidazole rings is 1. The normalized spacial score (nSPS) is 11.6. The second-order valence-corrected chi connectivity index (χ2v) is 4.99. The molecular weight excluding hydrogens is 272 g/mol. The summed E-state index contributed by atoms with van der Waals surface area (Å²) in [7, 11) is 0. The number of hydrogen-bond donors (Lipinski definition) is 0. The summed E-state index contributed by atoms with van der Waals surface area (Å²) in [5, 5.41) is 9.27. The van der Waals surface area contributed by atoms with Crippen molar-refractivity contribution < 1.29 is 0 Å². The molecule has 0 saturated heterocycles. The fraction of sp³-hybridized carbons (Fsp3) is 0.133. The molecule has 2 aromatic heterocycles. The average Bonchev–Trinajstić information content (AvgIpc) is 2.75. The summed E-state index contributed by atoms with van der Waals surface area (Å²) in [6.45, 7) is 3.96. The van der Waals surface area contributed by atoms with Gasteiger partial charge in [-0.1, -0.05) is 17.7 Å². The summed E-state index contributed by atoms with van der Waals surface area (Å²) in [5.74, 6) is 0.757. The average molecular weight is 285 g/mol. The lowest BCUT2D eigenvalue weighted by Gasteiger charge is -2.00. The van der Waals surface area contributed by atoms with Crippen LogP contribution in [0.1, 0.15) is 11.4 Å². The number of fused-ring (bicyclic) bond motifs is 1. The van der Waals surface area contributed by atoms with E-state index < -0.39 is 0 Å². The molecule has 1 aromatic carbocycles. The maximum Gasteiger partial charge on any atom is 0.182 e. The molecule has 0 saturated carbocycles. The molecule has 0 aliphatic rings. The van der Waals surface area contributed by atoms with Gasteiger partial charge in [0.1, 0.15) is 5.65 Å². The Bertz CT molecular complexity index is 787. The molecule has 20 heavy (non-hydrogen) atoms. The van der Waals surface area contributed by atoms with Crippen LogP contribution < -0.4 is 0 Å². The van der Waals surface area contributed by atoms with Gasteiger partial charge >= 0.3 is 0 Å². The Balaban J connectivity index is 2.06. The molecule has 3 rings (SSSR count). The smallest absolute Gasteiger partial charge is 0.182 e. The Morgan fingerprint density at radius 2 is 1.75 bits per heavy atom. The van der Waals surface area contributed by atoms with Crippen molar-refractivity contribution in [3.63, 3.8) is 0 Å². The molecule has 3 aromatic rings. The monoisotopic (exact) mass is 284 g/mol. The first-order valence-electron chi connectivity index (χ1n) is 6.27. The van der Waals surface area contributed by atoms with Gasteiger partial charge in [-0.2, -0.15) is 0 Å². The fourth-order valence-corrected chi connectivity index (χ4v) is 2.21. The quantitative estimate of drug-likeness (QED) is 0.609. The number of aromatic nitrogens is 2. The van der Waals surface area contributed by atoms with Crippen molar-refractivity contribution in [1.29, 1.82) is 0 Å². The molecule has 0 aliphatic carbocycles.